The van der Waals surface area contributed by atoms with Crippen molar-refractivity contribution in [1.82, 2.24) is 10.6 Å². The Kier molecular flexibility index (Phi) is 6.56. The van der Waals surface area contributed by atoms with Gasteiger partial charge >= 0.3 is 0 Å². The third kappa shape index (κ3) is 5.34. The maximum atomic E-state index is 13.5. The largest absolute Gasteiger partial charge is 0.356 e. The molecule has 4 nitrogen and oxygen atoms in total. The van der Waals surface area contributed by atoms with E-state index in [4.69, 9.17) is 0 Å². The lowest BCUT2D eigenvalue weighted by molar-refractivity contribution is -0.127. The molecule has 2 unspecified atom stereocenters. The van der Waals surface area contributed by atoms with E-state index in [1.54, 1.807) is 18.2 Å². The van der Waals surface area contributed by atoms with Crippen molar-refractivity contribution < 1.29 is 14.0 Å². The summed E-state index contributed by atoms with van der Waals surface area (Å²) in [5.41, 5.74) is 0.591. The van der Waals surface area contributed by atoms with Gasteiger partial charge in [0.2, 0.25) is 11.8 Å². The van der Waals surface area contributed by atoms with Crippen molar-refractivity contribution in [2.24, 2.45) is 11.8 Å². The molecule has 1 aliphatic rings. The van der Waals surface area contributed by atoms with Crippen molar-refractivity contribution in [3.8, 4) is 0 Å². The molecule has 0 aromatic heterocycles. The number of halogens is 1. The van der Waals surface area contributed by atoms with Crippen LogP contribution in [0.3, 0.4) is 0 Å². The number of carbonyl (C=O) groups is 2. The summed E-state index contributed by atoms with van der Waals surface area (Å²) in [7, 11) is 0. The normalized spacial score (nSPS) is 19.2. The number of nitrogens with one attached hydrogen (secondary N) is 2. The van der Waals surface area contributed by atoms with Crippen LogP contribution in [0.2, 0.25) is 0 Å². The van der Waals surface area contributed by atoms with E-state index >= 15 is 0 Å². The lowest BCUT2D eigenvalue weighted by Crippen LogP contribution is -2.31. The Morgan fingerprint density at radius 1 is 1.09 bits per heavy atom. The van der Waals surface area contributed by atoms with Crippen LogP contribution >= 0.6 is 0 Å². The monoisotopic (exact) mass is 320 g/mol. The summed E-state index contributed by atoms with van der Waals surface area (Å²) < 4.78 is 13.5. The number of carbonyl (C=O) groups excluding carboxylic acids is 2. The van der Waals surface area contributed by atoms with E-state index in [1.807, 2.05) is 0 Å². The highest BCUT2D eigenvalue weighted by atomic mass is 19.1. The highest BCUT2D eigenvalue weighted by molar-refractivity contribution is 5.92. The zero-order chi connectivity index (χ0) is 16.7. The van der Waals surface area contributed by atoms with Gasteiger partial charge in [0.05, 0.1) is 11.8 Å². The van der Waals surface area contributed by atoms with Gasteiger partial charge in [-0.15, -0.1) is 0 Å². The van der Waals surface area contributed by atoms with E-state index in [1.165, 1.54) is 6.07 Å². The molecular formula is C18H25FN2O2. The molecule has 0 bridgehead atoms. The molecule has 1 aromatic rings. The van der Waals surface area contributed by atoms with Crippen molar-refractivity contribution in [1.29, 1.82) is 0 Å². The molecule has 126 valence electrons. The average Bonchev–Trinajstić information content (AvgIpc) is 3.34. The molecule has 0 saturated heterocycles. The smallest absolute Gasteiger partial charge is 0.223 e. The minimum Gasteiger partial charge on any atom is -0.356 e. The van der Waals surface area contributed by atoms with Gasteiger partial charge in [0.15, 0.2) is 0 Å². The van der Waals surface area contributed by atoms with E-state index in [0.717, 1.165) is 19.3 Å². The molecule has 23 heavy (non-hydrogen) atoms. The van der Waals surface area contributed by atoms with Gasteiger partial charge in [0.1, 0.15) is 5.82 Å². The summed E-state index contributed by atoms with van der Waals surface area (Å²) in [6.07, 6.45) is 4.27. The third-order valence-corrected chi connectivity index (χ3v) is 4.19. The molecule has 2 rings (SSSR count). The first-order valence-electron chi connectivity index (χ1n) is 8.42. The highest BCUT2D eigenvalue weighted by Crippen LogP contribution is 2.38. The Morgan fingerprint density at radius 2 is 1.74 bits per heavy atom. The summed E-state index contributed by atoms with van der Waals surface area (Å²) in [4.78, 5) is 23.9. The lowest BCUT2D eigenvalue weighted by Gasteiger charge is -2.06. The number of benzene rings is 1. The number of amides is 2. The van der Waals surface area contributed by atoms with Crippen LogP contribution in [-0.2, 0) is 16.0 Å². The molecule has 0 spiro atoms. The van der Waals surface area contributed by atoms with E-state index < -0.39 is 0 Å². The van der Waals surface area contributed by atoms with Gasteiger partial charge < -0.3 is 10.6 Å². The van der Waals surface area contributed by atoms with E-state index in [-0.39, 0.29) is 29.5 Å². The van der Waals surface area contributed by atoms with Crippen molar-refractivity contribution in [3.05, 3.63) is 35.6 Å². The van der Waals surface area contributed by atoms with Crippen LogP contribution in [0.5, 0.6) is 0 Å². The van der Waals surface area contributed by atoms with Crippen LogP contribution in [0, 0.1) is 17.7 Å². The predicted molar refractivity (Wildman–Crippen MR) is 87.2 cm³/mol. The molecule has 1 fully saturated rings. The predicted octanol–water partition coefficient (Wildman–Crippen LogP) is 2.43. The highest BCUT2D eigenvalue weighted by Gasteiger charge is 2.47. The van der Waals surface area contributed by atoms with E-state index in [9.17, 15) is 14.0 Å². The summed E-state index contributed by atoms with van der Waals surface area (Å²) in [6, 6.07) is 6.55. The van der Waals surface area contributed by atoms with Crippen LogP contribution in [-0.4, -0.2) is 24.9 Å². The quantitative estimate of drug-likeness (QED) is 0.687. The summed E-state index contributed by atoms with van der Waals surface area (Å²) in [6.45, 7) is 3.19. The van der Waals surface area contributed by atoms with Gasteiger partial charge in [-0.3, -0.25) is 9.59 Å². The molecule has 5 heteroatoms. The standard InChI is InChI=1S/C18H25FN2O2/c1-2-3-6-10-20-17(22)14-12-15(14)18(23)21-11-9-13-7-4-5-8-16(13)19/h4-5,7-8,14-15H,2-3,6,9-12H2,1H3,(H,20,22)(H,21,23). The van der Waals surface area contributed by atoms with Crippen LogP contribution in [0.15, 0.2) is 24.3 Å². The van der Waals surface area contributed by atoms with E-state index in [0.29, 0.717) is 31.5 Å². The molecule has 2 amide bonds. The topological polar surface area (TPSA) is 58.2 Å². The second-order valence-electron chi connectivity index (χ2n) is 6.08. The summed E-state index contributed by atoms with van der Waals surface area (Å²) >= 11 is 0. The fourth-order valence-corrected chi connectivity index (χ4v) is 2.64. The average molecular weight is 320 g/mol. The number of hydrogen-bond donors (Lipinski definition) is 2. The van der Waals surface area contributed by atoms with Gasteiger partial charge in [-0.25, -0.2) is 4.39 Å². The number of hydrogen-bond acceptors (Lipinski definition) is 2. The minimum absolute atomic E-state index is 0.0182. The summed E-state index contributed by atoms with van der Waals surface area (Å²) in [5.74, 6) is -0.783. The molecule has 0 heterocycles. The Hall–Kier alpha value is -1.91. The summed E-state index contributed by atoms with van der Waals surface area (Å²) in [5, 5.41) is 5.68. The molecular weight excluding hydrogens is 295 g/mol. The first kappa shape index (κ1) is 17.4. The maximum absolute atomic E-state index is 13.5. The first-order valence-corrected chi connectivity index (χ1v) is 8.42. The third-order valence-electron chi connectivity index (χ3n) is 4.19. The zero-order valence-electron chi connectivity index (χ0n) is 13.6. The molecule has 0 radical (unpaired) electrons. The van der Waals surface area contributed by atoms with Gasteiger partial charge in [-0.1, -0.05) is 38.0 Å². The van der Waals surface area contributed by atoms with Crippen molar-refractivity contribution in [2.75, 3.05) is 13.1 Å². The van der Waals surface area contributed by atoms with Crippen molar-refractivity contribution >= 4 is 11.8 Å². The first-order chi connectivity index (χ1) is 11.1. The molecule has 1 aromatic carbocycles. The van der Waals surface area contributed by atoms with Crippen LogP contribution < -0.4 is 10.6 Å². The van der Waals surface area contributed by atoms with Crippen molar-refractivity contribution in [3.63, 3.8) is 0 Å². The Bertz CT molecular complexity index is 548. The number of unbranched alkanes of at least 4 members (excludes halogenated alkanes) is 2. The molecule has 2 N–H and O–H groups in total. The van der Waals surface area contributed by atoms with Crippen LogP contribution in [0.25, 0.3) is 0 Å². The van der Waals surface area contributed by atoms with Gasteiger partial charge in [-0.05, 0) is 30.9 Å². The van der Waals surface area contributed by atoms with Crippen LogP contribution in [0.1, 0.15) is 38.2 Å². The fourth-order valence-electron chi connectivity index (χ4n) is 2.64. The zero-order valence-corrected chi connectivity index (χ0v) is 13.6. The van der Waals surface area contributed by atoms with Crippen molar-refractivity contribution in [2.45, 2.75) is 39.0 Å². The molecule has 1 saturated carbocycles. The maximum Gasteiger partial charge on any atom is 0.223 e. The molecule has 0 aliphatic heterocycles. The second-order valence-corrected chi connectivity index (χ2v) is 6.08. The lowest BCUT2D eigenvalue weighted by atomic mass is 10.1. The molecule has 1 aliphatic carbocycles. The van der Waals surface area contributed by atoms with Crippen LogP contribution in [0.4, 0.5) is 4.39 Å². The van der Waals surface area contributed by atoms with Gasteiger partial charge in [-0.2, -0.15) is 0 Å². The fraction of sp³-hybridized carbons (Fsp3) is 0.556. The number of rotatable bonds is 9. The van der Waals surface area contributed by atoms with Gasteiger partial charge in [0, 0.05) is 13.1 Å². The Labute approximate surface area is 136 Å². The minimum atomic E-state index is -0.252. The van der Waals surface area contributed by atoms with Gasteiger partial charge in [0.25, 0.3) is 0 Å². The Balaban J connectivity index is 1.64. The van der Waals surface area contributed by atoms with E-state index in [2.05, 4.69) is 17.6 Å². The Morgan fingerprint density at radius 3 is 2.39 bits per heavy atom. The second kappa shape index (κ2) is 8.65. The SMILES string of the molecule is CCCCCNC(=O)C1CC1C(=O)NCCc1ccccc1F. The molecule has 2 atom stereocenters.